The normalized spacial score (nSPS) is 10.9. The summed E-state index contributed by atoms with van der Waals surface area (Å²) < 4.78 is 7.73. The van der Waals surface area contributed by atoms with Gasteiger partial charge in [-0.2, -0.15) is 5.10 Å². The van der Waals surface area contributed by atoms with Crippen molar-refractivity contribution in [2.75, 3.05) is 13.7 Å². The van der Waals surface area contributed by atoms with Crippen LogP contribution in [0, 0.1) is 4.77 Å². The fourth-order valence-electron chi connectivity index (χ4n) is 1.69. The Labute approximate surface area is 109 Å². The molecule has 2 heterocycles. The van der Waals surface area contributed by atoms with Crippen molar-refractivity contribution in [2.24, 2.45) is 0 Å². The van der Waals surface area contributed by atoms with Gasteiger partial charge in [0, 0.05) is 7.11 Å². The SMILES string of the molecule is CCc1ccsc1-c1n[nH]c(=S)n1CCOC. The Balaban J connectivity index is 2.42. The lowest BCUT2D eigenvalue weighted by Gasteiger charge is -2.05. The third kappa shape index (κ3) is 2.48. The number of ether oxygens (including phenoxy) is 1. The smallest absolute Gasteiger partial charge is 0.195 e. The van der Waals surface area contributed by atoms with Gasteiger partial charge in [0.1, 0.15) is 0 Å². The average Bonchev–Trinajstić information content (AvgIpc) is 2.92. The van der Waals surface area contributed by atoms with Gasteiger partial charge in [0.15, 0.2) is 10.6 Å². The summed E-state index contributed by atoms with van der Waals surface area (Å²) in [5, 5.41) is 9.26. The molecule has 0 amide bonds. The van der Waals surface area contributed by atoms with Crippen molar-refractivity contribution in [3.63, 3.8) is 0 Å². The Morgan fingerprint density at radius 1 is 1.59 bits per heavy atom. The fourth-order valence-corrected chi connectivity index (χ4v) is 2.91. The minimum absolute atomic E-state index is 0.633. The maximum Gasteiger partial charge on any atom is 0.195 e. The second-order valence-corrected chi connectivity index (χ2v) is 4.93. The fraction of sp³-hybridized carbons (Fsp3) is 0.455. The van der Waals surface area contributed by atoms with Crippen molar-refractivity contribution in [2.45, 2.75) is 19.9 Å². The van der Waals surface area contributed by atoms with E-state index in [-0.39, 0.29) is 0 Å². The summed E-state index contributed by atoms with van der Waals surface area (Å²) in [7, 11) is 1.69. The van der Waals surface area contributed by atoms with E-state index in [1.807, 2.05) is 4.57 Å². The van der Waals surface area contributed by atoms with E-state index >= 15 is 0 Å². The molecule has 0 aliphatic carbocycles. The molecular weight excluding hydrogens is 254 g/mol. The molecule has 92 valence electrons. The molecule has 2 rings (SSSR count). The van der Waals surface area contributed by atoms with Crippen LogP contribution in [0.3, 0.4) is 0 Å². The molecular formula is C11H15N3OS2. The predicted octanol–water partition coefficient (Wildman–Crippen LogP) is 2.88. The molecule has 0 unspecified atom stereocenters. The van der Waals surface area contributed by atoms with Crippen LogP contribution in [0.5, 0.6) is 0 Å². The molecule has 0 radical (unpaired) electrons. The minimum Gasteiger partial charge on any atom is -0.383 e. The van der Waals surface area contributed by atoms with Crippen LogP contribution >= 0.6 is 23.6 Å². The number of methoxy groups -OCH3 is 1. The molecule has 0 bridgehead atoms. The zero-order valence-electron chi connectivity index (χ0n) is 9.90. The standard InChI is InChI=1S/C11H15N3OS2/c1-3-8-4-7-17-9(8)10-12-13-11(16)14(10)5-6-15-2/h4,7H,3,5-6H2,1-2H3,(H,13,16). The number of hydrogen-bond acceptors (Lipinski definition) is 4. The van der Waals surface area contributed by atoms with E-state index < -0.39 is 0 Å². The Bertz CT molecular complexity index is 541. The lowest BCUT2D eigenvalue weighted by Crippen LogP contribution is -2.06. The highest BCUT2D eigenvalue weighted by atomic mass is 32.1. The van der Waals surface area contributed by atoms with Gasteiger partial charge in [0.05, 0.1) is 18.0 Å². The lowest BCUT2D eigenvalue weighted by molar-refractivity contribution is 0.187. The number of H-pyrrole nitrogens is 1. The average molecular weight is 269 g/mol. The van der Waals surface area contributed by atoms with Gasteiger partial charge in [-0.05, 0) is 35.6 Å². The molecule has 2 aromatic heterocycles. The van der Waals surface area contributed by atoms with E-state index in [2.05, 4.69) is 28.6 Å². The molecule has 0 atom stereocenters. The van der Waals surface area contributed by atoms with E-state index in [1.165, 1.54) is 10.4 Å². The van der Waals surface area contributed by atoms with Gasteiger partial charge in [0.25, 0.3) is 0 Å². The molecule has 0 saturated carbocycles. The van der Waals surface area contributed by atoms with E-state index in [0.29, 0.717) is 11.4 Å². The first kappa shape index (κ1) is 12.5. The second-order valence-electron chi connectivity index (χ2n) is 3.63. The van der Waals surface area contributed by atoms with Gasteiger partial charge in [-0.25, -0.2) is 0 Å². The summed E-state index contributed by atoms with van der Waals surface area (Å²) in [6.07, 6.45) is 1.00. The van der Waals surface area contributed by atoms with Crippen LogP contribution in [0.25, 0.3) is 10.7 Å². The summed E-state index contributed by atoms with van der Waals surface area (Å²) >= 11 is 6.93. The van der Waals surface area contributed by atoms with Crippen molar-refractivity contribution in [3.8, 4) is 10.7 Å². The quantitative estimate of drug-likeness (QED) is 0.849. The minimum atomic E-state index is 0.633. The first-order chi connectivity index (χ1) is 8.27. The number of nitrogens with zero attached hydrogens (tertiary/aromatic N) is 2. The number of nitrogens with one attached hydrogen (secondary N) is 1. The summed E-state index contributed by atoms with van der Waals surface area (Å²) in [6.45, 7) is 3.50. The van der Waals surface area contributed by atoms with Gasteiger partial charge < -0.3 is 4.74 Å². The van der Waals surface area contributed by atoms with Crippen LogP contribution in [0.1, 0.15) is 12.5 Å². The highest BCUT2D eigenvalue weighted by Crippen LogP contribution is 2.28. The molecule has 1 N–H and O–H groups in total. The number of hydrogen-bond donors (Lipinski definition) is 1. The molecule has 6 heteroatoms. The molecule has 4 nitrogen and oxygen atoms in total. The molecule has 0 aliphatic heterocycles. The van der Waals surface area contributed by atoms with Crippen molar-refractivity contribution >= 4 is 23.6 Å². The maximum absolute atomic E-state index is 5.23. The van der Waals surface area contributed by atoms with Crippen LogP contribution in [-0.2, 0) is 17.7 Å². The number of rotatable bonds is 5. The third-order valence-corrected chi connectivity index (χ3v) is 3.87. The number of thiophene rings is 1. The molecule has 17 heavy (non-hydrogen) atoms. The van der Waals surface area contributed by atoms with Crippen molar-refractivity contribution in [3.05, 3.63) is 21.8 Å². The molecule has 2 aromatic rings. The van der Waals surface area contributed by atoms with Crippen LogP contribution in [0.2, 0.25) is 0 Å². The Morgan fingerprint density at radius 3 is 3.12 bits per heavy atom. The molecule has 0 fully saturated rings. The lowest BCUT2D eigenvalue weighted by atomic mass is 10.2. The number of aromatic nitrogens is 3. The summed E-state index contributed by atoms with van der Waals surface area (Å²) in [6, 6.07) is 2.14. The Morgan fingerprint density at radius 2 is 2.41 bits per heavy atom. The highest BCUT2D eigenvalue weighted by molar-refractivity contribution is 7.71. The van der Waals surface area contributed by atoms with Crippen LogP contribution in [0.15, 0.2) is 11.4 Å². The molecule has 0 aromatic carbocycles. The van der Waals surface area contributed by atoms with Crippen molar-refractivity contribution in [1.82, 2.24) is 14.8 Å². The van der Waals surface area contributed by atoms with E-state index in [4.69, 9.17) is 17.0 Å². The summed E-state index contributed by atoms with van der Waals surface area (Å²) in [5.41, 5.74) is 1.31. The second kappa shape index (κ2) is 5.57. The van der Waals surface area contributed by atoms with Crippen LogP contribution in [-0.4, -0.2) is 28.5 Å². The summed E-state index contributed by atoms with van der Waals surface area (Å²) in [4.78, 5) is 1.19. The number of aryl methyl sites for hydroxylation is 1. The maximum atomic E-state index is 5.23. The first-order valence-corrected chi connectivity index (χ1v) is 6.77. The van der Waals surface area contributed by atoms with Gasteiger partial charge in [-0.15, -0.1) is 11.3 Å². The molecule has 0 aliphatic rings. The zero-order chi connectivity index (χ0) is 12.3. The molecule has 0 spiro atoms. The van der Waals surface area contributed by atoms with Crippen molar-refractivity contribution < 1.29 is 4.74 Å². The van der Waals surface area contributed by atoms with Gasteiger partial charge in [-0.1, -0.05) is 6.92 Å². The molecule has 0 saturated heterocycles. The highest BCUT2D eigenvalue weighted by Gasteiger charge is 2.13. The first-order valence-electron chi connectivity index (χ1n) is 5.48. The van der Waals surface area contributed by atoms with E-state index in [0.717, 1.165) is 18.8 Å². The van der Waals surface area contributed by atoms with Crippen molar-refractivity contribution in [1.29, 1.82) is 0 Å². The Kier molecular flexibility index (Phi) is 4.09. The van der Waals surface area contributed by atoms with Gasteiger partial charge in [0.2, 0.25) is 0 Å². The van der Waals surface area contributed by atoms with Crippen LogP contribution in [0.4, 0.5) is 0 Å². The van der Waals surface area contributed by atoms with E-state index in [9.17, 15) is 0 Å². The third-order valence-electron chi connectivity index (χ3n) is 2.61. The zero-order valence-corrected chi connectivity index (χ0v) is 11.5. The van der Waals surface area contributed by atoms with E-state index in [1.54, 1.807) is 18.4 Å². The largest absolute Gasteiger partial charge is 0.383 e. The van der Waals surface area contributed by atoms with Gasteiger partial charge >= 0.3 is 0 Å². The number of aromatic amines is 1. The van der Waals surface area contributed by atoms with Crippen LogP contribution < -0.4 is 0 Å². The Hall–Kier alpha value is -0.980. The monoisotopic (exact) mass is 269 g/mol. The van der Waals surface area contributed by atoms with Gasteiger partial charge in [-0.3, -0.25) is 9.67 Å². The summed E-state index contributed by atoms with van der Waals surface area (Å²) in [5.74, 6) is 0.916. The predicted molar refractivity (Wildman–Crippen MR) is 72.0 cm³/mol. The topological polar surface area (TPSA) is 42.8 Å².